The summed E-state index contributed by atoms with van der Waals surface area (Å²) >= 11 is 0. The molecule has 1 N–H and O–H groups in total. The number of hydrogen-bond donors (Lipinski definition) is 1. The number of ether oxygens (including phenoxy) is 1. The molecule has 0 aromatic heterocycles. The highest BCUT2D eigenvalue weighted by Crippen LogP contribution is 2.30. The maximum atomic E-state index is 12.4. The molecule has 1 aliphatic carbocycles. The molecule has 106 valence electrons. The average Bonchev–Trinajstić information content (AvgIpc) is 2.96. The third kappa shape index (κ3) is 3.06. The smallest absolute Gasteiger partial charge is 0.157 e. The Morgan fingerprint density at radius 3 is 2.44 bits per heavy atom. The zero-order valence-corrected chi connectivity index (χ0v) is 12.2. The van der Waals surface area contributed by atoms with Gasteiger partial charge in [0.25, 0.3) is 0 Å². The molecule has 0 aromatic carbocycles. The fourth-order valence-corrected chi connectivity index (χ4v) is 5.68. The number of sulfone groups is 1. The van der Waals surface area contributed by atoms with E-state index in [1.807, 2.05) is 14.0 Å². The lowest BCUT2D eigenvalue weighted by molar-refractivity contribution is 0.126. The van der Waals surface area contributed by atoms with Crippen LogP contribution < -0.4 is 5.32 Å². The van der Waals surface area contributed by atoms with Crippen molar-refractivity contribution < 1.29 is 13.2 Å². The van der Waals surface area contributed by atoms with Gasteiger partial charge >= 0.3 is 0 Å². The van der Waals surface area contributed by atoms with Crippen LogP contribution in [0.5, 0.6) is 0 Å². The molecule has 5 heteroatoms. The molecular weight excluding hydrogens is 250 g/mol. The van der Waals surface area contributed by atoms with Gasteiger partial charge in [-0.3, -0.25) is 0 Å². The van der Waals surface area contributed by atoms with Gasteiger partial charge in [-0.25, -0.2) is 8.42 Å². The van der Waals surface area contributed by atoms with Crippen molar-refractivity contribution in [3.8, 4) is 0 Å². The fraction of sp³-hybridized carbons (Fsp3) is 1.00. The largest absolute Gasteiger partial charge is 0.377 e. The zero-order chi connectivity index (χ0) is 13.2. The normalized spacial score (nSPS) is 31.9. The fourth-order valence-electron chi connectivity index (χ4n) is 3.37. The van der Waals surface area contributed by atoms with E-state index in [-0.39, 0.29) is 23.1 Å². The summed E-state index contributed by atoms with van der Waals surface area (Å²) in [4.78, 5) is 0. The Bertz CT molecular complexity index is 362. The number of rotatable bonds is 5. The van der Waals surface area contributed by atoms with Crippen molar-refractivity contribution in [1.29, 1.82) is 0 Å². The second-order valence-corrected chi connectivity index (χ2v) is 7.94. The standard InChI is InChI=1S/C13H25NO3S/c1-10-13(7-8-17-10)18(15,16)9-12(14-2)11-5-3-4-6-11/h10-14H,3-9H2,1-2H3. The van der Waals surface area contributed by atoms with Crippen LogP contribution >= 0.6 is 0 Å². The van der Waals surface area contributed by atoms with E-state index in [2.05, 4.69) is 5.32 Å². The molecule has 1 saturated carbocycles. The summed E-state index contributed by atoms with van der Waals surface area (Å²) in [7, 11) is -1.16. The number of nitrogens with one attached hydrogen (secondary N) is 1. The molecule has 4 nitrogen and oxygen atoms in total. The number of hydrogen-bond acceptors (Lipinski definition) is 4. The molecule has 1 saturated heterocycles. The Labute approximate surface area is 110 Å². The van der Waals surface area contributed by atoms with Crippen LogP contribution in [0.3, 0.4) is 0 Å². The molecule has 2 fully saturated rings. The summed E-state index contributed by atoms with van der Waals surface area (Å²) in [5, 5.41) is 2.92. The van der Waals surface area contributed by atoms with E-state index in [0.29, 0.717) is 18.9 Å². The predicted molar refractivity (Wildman–Crippen MR) is 72.4 cm³/mol. The first kappa shape index (κ1) is 14.3. The monoisotopic (exact) mass is 275 g/mol. The first-order chi connectivity index (χ1) is 8.54. The summed E-state index contributed by atoms with van der Waals surface area (Å²) in [5.41, 5.74) is 0. The topological polar surface area (TPSA) is 55.4 Å². The second kappa shape index (κ2) is 5.88. The van der Waals surface area contributed by atoms with Gasteiger partial charge in [0, 0.05) is 12.6 Å². The lowest BCUT2D eigenvalue weighted by Crippen LogP contribution is -2.42. The van der Waals surface area contributed by atoms with Gasteiger partial charge in [0.1, 0.15) is 0 Å². The lowest BCUT2D eigenvalue weighted by atomic mass is 10.0. The highest BCUT2D eigenvalue weighted by Gasteiger charge is 2.38. The molecule has 1 heterocycles. The third-order valence-corrected chi connectivity index (χ3v) is 6.88. The maximum absolute atomic E-state index is 12.4. The van der Waals surface area contributed by atoms with Gasteiger partial charge < -0.3 is 10.1 Å². The molecule has 3 unspecified atom stereocenters. The van der Waals surface area contributed by atoms with Crippen molar-refractivity contribution in [2.45, 2.75) is 56.4 Å². The van der Waals surface area contributed by atoms with E-state index in [9.17, 15) is 8.42 Å². The zero-order valence-electron chi connectivity index (χ0n) is 11.4. The minimum absolute atomic E-state index is 0.116. The van der Waals surface area contributed by atoms with Crippen molar-refractivity contribution in [2.75, 3.05) is 19.4 Å². The molecule has 0 aromatic rings. The predicted octanol–water partition coefficient (Wildman–Crippen LogP) is 1.36. The van der Waals surface area contributed by atoms with Gasteiger partial charge in [-0.05, 0) is 39.2 Å². The summed E-state index contributed by atoms with van der Waals surface area (Å²) in [5.74, 6) is 0.800. The average molecular weight is 275 g/mol. The SMILES string of the molecule is CNC(CS(=O)(=O)C1CCOC1C)C1CCCC1. The molecule has 2 aliphatic rings. The van der Waals surface area contributed by atoms with Crippen LogP contribution in [0.4, 0.5) is 0 Å². The van der Waals surface area contributed by atoms with Gasteiger partial charge in [-0.1, -0.05) is 12.8 Å². The second-order valence-electron chi connectivity index (χ2n) is 5.67. The molecule has 0 bridgehead atoms. The van der Waals surface area contributed by atoms with Gasteiger partial charge in [0.15, 0.2) is 9.84 Å². The molecule has 0 amide bonds. The third-order valence-electron chi connectivity index (χ3n) is 4.52. The highest BCUT2D eigenvalue weighted by molar-refractivity contribution is 7.92. The van der Waals surface area contributed by atoms with Crippen LogP contribution in [0.2, 0.25) is 0 Å². The van der Waals surface area contributed by atoms with Crippen molar-refractivity contribution in [3.05, 3.63) is 0 Å². The molecule has 3 atom stereocenters. The summed E-state index contributed by atoms with van der Waals surface area (Å²) in [6, 6.07) is 0.116. The Morgan fingerprint density at radius 1 is 1.28 bits per heavy atom. The van der Waals surface area contributed by atoms with Crippen molar-refractivity contribution in [1.82, 2.24) is 5.32 Å². The van der Waals surface area contributed by atoms with Crippen LogP contribution in [-0.4, -0.2) is 45.2 Å². The van der Waals surface area contributed by atoms with Gasteiger partial charge in [-0.15, -0.1) is 0 Å². The Morgan fingerprint density at radius 2 is 1.94 bits per heavy atom. The van der Waals surface area contributed by atoms with E-state index in [1.54, 1.807) is 0 Å². The first-order valence-electron chi connectivity index (χ1n) is 7.05. The first-order valence-corrected chi connectivity index (χ1v) is 8.76. The van der Waals surface area contributed by atoms with Crippen molar-refractivity contribution in [2.24, 2.45) is 5.92 Å². The highest BCUT2D eigenvalue weighted by atomic mass is 32.2. The summed E-state index contributed by atoms with van der Waals surface area (Å²) < 4.78 is 30.3. The Balaban J connectivity index is 2.01. The summed E-state index contributed by atoms with van der Waals surface area (Å²) in [6.07, 6.45) is 5.33. The van der Waals surface area contributed by atoms with E-state index < -0.39 is 9.84 Å². The molecule has 2 rings (SSSR count). The Hall–Kier alpha value is -0.130. The molecule has 18 heavy (non-hydrogen) atoms. The minimum Gasteiger partial charge on any atom is -0.377 e. The van der Waals surface area contributed by atoms with Crippen molar-refractivity contribution >= 4 is 9.84 Å². The van der Waals surface area contributed by atoms with E-state index in [0.717, 1.165) is 12.8 Å². The van der Waals surface area contributed by atoms with Gasteiger partial charge in [-0.2, -0.15) is 0 Å². The minimum atomic E-state index is -3.05. The van der Waals surface area contributed by atoms with Crippen LogP contribution in [-0.2, 0) is 14.6 Å². The Kier molecular flexibility index (Phi) is 4.67. The van der Waals surface area contributed by atoms with Crippen molar-refractivity contribution in [3.63, 3.8) is 0 Å². The van der Waals surface area contributed by atoms with Gasteiger partial charge in [0.05, 0.1) is 17.1 Å². The maximum Gasteiger partial charge on any atom is 0.157 e. The van der Waals surface area contributed by atoms with E-state index in [1.165, 1.54) is 12.8 Å². The van der Waals surface area contributed by atoms with E-state index in [4.69, 9.17) is 4.74 Å². The molecular formula is C13H25NO3S. The molecule has 0 radical (unpaired) electrons. The summed E-state index contributed by atoms with van der Waals surface area (Å²) in [6.45, 7) is 2.46. The van der Waals surface area contributed by atoms with Crippen LogP contribution in [0.1, 0.15) is 39.0 Å². The quantitative estimate of drug-likeness (QED) is 0.823. The van der Waals surface area contributed by atoms with Crippen LogP contribution in [0, 0.1) is 5.92 Å². The van der Waals surface area contributed by atoms with Gasteiger partial charge in [0.2, 0.25) is 0 Å². The van der Waals surface area contributed by atoms with Crippen LogP contribution in [0.15, 0.2) is 0 Å². The van der Waals surface area contributed by atoms with E-state index >= 15 is 0 Å². The van der Waals surface area contributed by atoms with Crippen LogP contribution in [0.25, 0.3) is 0 Å². The molecule has 0 spiro atoms. The molecule has 1 aliphatic heterocycles. The lowest BCUT2D eigenvalue weighted by Gasteiger charge is -2.25.